The second kappa shape index (κ2) is 27.2. The minimum absolute atomic E-state index is 0.00985. The summed E-state index contributed by atoms with van der Waals surface area (Å²) in [6.07, 6.45) is 0. The van der Waals surface area contributed by atoms with Crippen LogP contribution in [0.5, 0.6) is 0 Å². The van der Waals surface area contributed by atoms with E-state index >= 15 is 0 Å². The molecule has 9 rings (SSSR count). The lowest BCUT2D eigenvalue weighted by atomic mass is 10.0. The van der Waals surface area contributed by atoms with Gasteiger partial charge in [0.15, 0.2) is 0 Å². The van der Waals surface area contributed by atoms with Gasteiger partial charge in [-0.1, -0.05) is 125 Å². The van der Waals surface area contributed by atoms with Crippen LogP contribution < -0.4 is 36.4 Å². The Hall–Kier alpha value is -8.40. The molecular formula is C56H49Cl5N8O12. The molecule has 25 heteroatoms. The second-order valence-electron chi connectivity index (χ2n) is 18.4. The molecule has 0 spiro atoms. The first-order valence-electron chi connectivity index (χ1n) is 24.5. The summed E-state index contributed by atoms with van der Waals surface area (Å²) < 4.78 is 0. The van der Waals surface area contributed by atoms with E-state index < -0.39 is 89.5 Å². The highest BCUT2D eigenvalue weighted by Gasteiger charge is 2.48. The third kappa shape index (κ3) is 15.3. The molecule has 0 saturated carbocycles. The van der Waals surface area contributed by atoms with E-state index in [1.165, 1.54) is 45.0 Å². The summed E-state index contributed by atoms with van der Waals surface area (Å²) in [4.78, 5) is 114. The molecule has 0 unspecified atom stereocenters. The minimum Gasteiger partial charge on any atom is -0.481 e. The van der Waals surface area contributed by atoms with Crippen molar-refractivity contribution < 1.29 is 58.5 Å². The van der Waals surface area contributed by atoms with Gasteiger partial charge >= 0.3 is 30.0 Å². The number of aliphatic carboxylic acids is 3. The standard InChI is InChI=1S/C19H17Cl2N3O4.C19H16Cl2N2O4.C18H16ClN3O4/c1-10-4-2-3-5-15(10)24-9-12(18(26)27)16(17(24)25)23-19(28)22-11-6-7-13(20)14(21)8-11;20-14-7-6-12(8-15(14)21)17(24)22-16-13(19(26)27)10-23(18(16)25)9-11-4-2-1-3-5-11;19-11-6-8-12(9-7-11)20-18(26)21-15-14(17(24)25)10-22(16(15)23)13-4-2-1-3-5-13/h2-8,12,16H,9H2,1H3,(H,26,27)(H2,22,23,28);1-8,13,16H,9-10H2,(H,22,24)(H,26,27);1-9,14-15H,10H2,(H,24,25)(H2,20,21,26)/t12-,16-;13-,16-;14-,15+/m000/s1. The van der Waals surface area contributed by atoms with Crippen molar-refractivity contribution >= 4 is 134 Å². The predicted octanol–water partition coefficient (Wildman–Crippen LogP) is 8.95. The van der Waals surface area contributed by atoms with Crippen molar-refractivity contribution in [2.75, 3.05) is 40.1 Å². The summed E-state index contributed by atoms with van der Waals surface area (Å²) in [5.41, 5.74) is 3.96. The zero-order valence-corrected chi connectivity index (χ0v) is 46.2. The van der Waals surface area contributed by atoms with Gasteiger partial charge in [0.1, 0.15) is 35.9 Å². The zero-order chi connectivity index (χ0) is 58.7. The third-order valence-electron chi connectivity index (χ3n) is 13.0. The number of hydrogen-bond donors (Lipinski definition) is 8. The molecular weight excluding hydrogens is 1150 g/mol. The molecule has 20 nitrogen and oxygen atoms in total. The smallest absolute Gasteiger partial charge is 0.319 e. The fraction of sp³-hybridized carbons (Fsp3) is 0.196. The molecule has 6 aromatic carbocycles. The molecule has 3 saturated heterocycles. The Labute approximate surface area is 487 Å². The number of carbonyl (C=O) groups excluding carboxylic acids is 6. The first-order valence-corrected chi connectivity index (χ1v) is 26.3. The maximum absolute atomic E-state index is 12.8. The molecule has 81 heavy (non-hydrogen) atoms. The minimum atomic E-state index is -1.19. The lowest BCUT2D eigenvalue weighted by Crippen LogP contribution is -2.47. The van der Waals surface area contributed by atoms with Gasteiger partial charge in [0.2, 0.25) is 5.91 Å². The van der Waals surface area contributed by atoms with Gasteiger partial charge < -0.3 is 56.6 Å². The van der Waals surface area contributed by atoms with Crippen molar-refractivity contribution in [2.45, 2.75) is 31.6 Å². The summed E-state index contributed by atoms with van der Waals surface area (Å²) in [5.74, 6) is -8.56. The van der Waals surface area contributed by atoms with E-state index in [0.29, 0.717) is 37.8 Å². The molecule has 3 aliphatic rings. The molecule has 3 fully saturated rings. The maximum atomic E-state index is 12.8. The Bertz CT molecular complexity index is 3360. The van der Waals surface area contributed by atoms with Crippen molar-refractivity contribution in [3.63, 3.8) is 0 Å². The monoisotopic (exact) mass is 1200 g/mol. The molecule has 0 aliphatic carbocycles. The van der Waals surface area contributed by atoms with Crippen LogP contribution in [-0.2, 0) is 35.3 Å². The fourth-order valence-corrected chi connectivity index (χ4v) is 9.59. The quantitative estimate of drug-likeness (QED) is 0.0538. The highest BCUT2D eigenvalue weighted by Crippen LogP contribution is 2.31. The highest BCUT2D eigenvalue weighted by atomic mass is 35.5. The van der Waals surface area contributed by atoms with E-state index in [9.17, 15) is 58.5 Å². The normalized spacial score (nSPS) is 19.1. The lowest BCUT2D eigenvalue weighted by Gasteiger charge is -2.19. The SMILES string of the molecule is Cc1ccccc1N1C[C@H](C(=O)O)[C@H](NC(=O)Nc2ccc(Cl)c(Cl)c2)C1=O.O=C(N[C@@H]1C(=O)N(Cc2ccccc2)C[C@@H]1C(=O)O)c1ccc(Cl)c(Cl)c1.O=C(Nc1ccc(Cl)cc1)N[C@H]1C(=O)N(c2ccccc2)C[C@@H]1C(=O)O. The average molecular weight is 1200 g/mol. The van der Waals surface area contributed by atoms with Crippen LogP contribution in [0, 0.1) is 24.7 Å². The van der Waals surface area contributed by atoms with Crippen molar-refractivity contribution in [3.05, 3.63) is 187 Å². The number of nitrogens with zero attached hydrogens (tertiary/aromatic N) is 3. The molecule has 0 aromatic heterocycles. The van der Waals surface area contributed by atoms with Crippen molar-refractivity contribution in [2.24, 2.45) is 17.8 Å². The Kier molecular flexibility index (Phi) is 20.2. The summed E-state index contributed by atoms with van der Waals surface area (Å²) >= 11 is 29.3. The number of para-hydroxylation sites is 2. The molecule has 3 heterocycles. The van der Waals surface area contributed by atoms with E-state index in [1.807, 2.05) is 49.4 Å². The summed E-state index contributed by atoms with van der Waals surface area (Å²) in [6, 6.07) is 35.5. The second-order valence-corrected chi connectivity index (χ2v) is 20.5. The number of rotatable bonds is 13. The number of halogens is 5. The number of benzene rings is 6. The number of likely N-dealkylation sites (tertiary alicyclic amines) is 1. The van der Waals surface area contributed by atoms with E-state index in [-0.39, 0.29) is 41.8 Å². The van der Waals surface area contributed by atoms with Gasteiger partial charge in [-0.2, -0.15) is 0 Å². The molecule has 420 valence electrons. The number of carboxylic acids is 3. The Morgan fingerprint density at radius 1 is 0.494 bits per heavy atom. The maximum Gasteiger partial charge on any atom is 0.319 e. The largest absolute Gasteiger partial charge is 0.481 e. The topological polar surface area (TPSA) is 284 Å². The lowest BCUT2D eigenvalue weighted by molar-refractivity contribution is -0.143. The Morgan fingerprint density at radius 2 is 0.963 bits per heavy atom. The number of aryl methyl sites for hydroxylation is 1. The molecule has 8 N–H and O–H groups in total. The van der Waals surface area contributed by atoms with Gasteiger partial charge in [-0.15, -0.1) is 0 Å². The zero-order valence-electron chi connectivity index (χ0n) is 42.4. The van der Waals surface area contributed by atoms with Gasteiger partial charge in [-0.05, 0) is 96.9 Å². The number of amides is 8. The van der Waals surface area contributed by atoms with Crippen LogP contribution >= 0.6 is 58.0 Å². The first-order chi connectivity index (χ1) is 38.6. The first kappa shape index (κ1) is 60.2. The van der Waals surface area contributed by atoms with E-state index in [0.717, 1.165) is 11.1 Å². The number of urea groups is 2. The number of anilines is 4. The predicted molar refractivity (Wildman–Crippen MR) is 305 cm³/mol. The molecule has 8 amide bonds. The van der Waals surface area contributed by atoms with Crippen LogP contribution in [0.4, 0.5) is 32.3 Å². The summed E-state index contributed by atoms with van der Waals surface area (Å²) in [5, 5.41) is 42.6. The Balaban J connectivity index is 0.000000175. The summed E-state index contributed by atoms with van der Waals surface area (Å²) in [6.45, 7) is 2.09. The van der Waals surface area contributed by atoms with Crippen LogP contribution in [0.2, 0.25) is 25.1 Å². The van der Waals surface area contributed by atoms with E-state index in [4.69, 9.17) is 58.0 Å². The molecule has 3 aliphatic heterocycles. The van der Waals surface area contributed by atoms with Gasteiger partial charge in [0, 0.05) is 59.5 Å². The number of hydrogen-bond acceptors (Lipinski definition) is 9. The van der Waals surface area contributed by atoms with Gasteiger partial charge in [-0.3, -0.25) is 33.6 Å². The molecule has 0 bridgehead atoms. The van der Waals surface area contributed by atoms with Crippen LogP contribution in [0.25, 0.3) is 0 Å². The third-order valence-corrected chi connectivity index (χ3v) is 14.7. The molecule has 0 radical (unpaired) electrons. The van der Waals surface area contributed by atoms with Crippen LogP contribution in [0.1, 0.15) is 21.5 Å². The van der Waals surface area contributed by atoms with Gasteiger partial charge in [-0.25, -0.2) is 9.59 Å². The van der Waals surface area contributed by atoms with Gasteiger partial charge in [0.05, 0.1) is 20.1 Å². The van der Waals surface area contributed by atoms with Crippen LogP contribution in [0.15, 0.2) is 146 Å². The van der Waals surface area contributed by atoms with Crippen molar-refractivity contribution in [1.29, 1.82) is 0 Å². The number of carboxylic acid groups (broad SMARTS) is 3. The molecule has 6 aromatic rings. The van der Waals surface area contributed by atoms with E-state index in [1.54, 1.807) is 72.8 Å². The van der Waals surface area contributed by atoms with Crippen molar-refractivity contribution in [1.82, 2.24) is 20.9 Å². The number of carbonyl (C=O) groups is 9. The summed E-state index contributed by atoms with van der Waals surface area (Å²) in [7, 11) is 0. The van der Waals surface area contributed by atoms with Crippen LogP contribution in [-0.4, -0.2) is 112 Å². The van der Waals surface area contributed by atoms with Gasteiger partial charge in [0.25, 0.3) is 17.7 Å². The van der Waals surface area contributed by atoms with E-state index in [2.05, 4.69) is 26.6 Å². The average Bonchev–Trinajstić information content (AvgIpc) is 4.20. The fourth-order valence-electron chi connectivity index (χ4n) is 8.87. The van der Waals surface area contributed by atoms with Crippen molar-refractivity contribution in [3.8, 4) is 0 Å². The number of nitrogens with one attached hydrogen (secondary N) is 5. The Morgan fingerprint density at radius 3 is 1.52 bits per heavy atom. The highest BCUT2D eigenvalue weighted by molar-refractivity contribution is 6.42. The molecule has 6 atom stereocenters. The van der Waals surface area contributed by atoms with Crippen LogP contribution in [0.3, 0.4) is 0 Å².